The Morgan fingerprint density at radius 2 is 1.78 bits per heavy atom. The van der Waals surface area contributed by atoms with Gasteiger partial charge in [0.05, 0.1) is 8.07 Å². The van der Waals surface area contributed by atoms with Crippen molar-refractivity contribution >= 4 is 13.9 Å². The van der Waals surface area contributed by atoms with Crippen LogP contribution in [0.25, 0.3) is 0 Å². The van der Waals surface area contributed by atoms with Crippen molar-refractivity contribution in [3.05, 3.63) is 11.8 Å². The van der Waals surface area contributed by atoms with E-state index in [0.29, 0.717) is 11.7 Å². The van der Waals surface area contributed by atoms with Gasteiger partial charge in [-0.3, -0.25) is 4.79 Å². The van der Waals surface area contributed by atoms with Gasteiger partial charge in [-0.15, -0.1) is 0 Å². The molecule has 1 nitrogen and oxygen atoms in total. The third-order valence-corrected chi connectivity index (χ3v) is 5.38. The maximum Gasteiger partial charge on any atom is 0.139 e. The van der Waals surface area contributed by atoms with Gasteiger partial charge in [0.1, 0.15) is 5.78 Å². The Bertz CT molecular complexity index is 331. The Balaban J connectivity index is 2.20. The van der Waals surface area contributed by atoms with Crippen LogP contribution < -0.4 is 0 Å². The molecule has 2 saturated carbocycles. The van der Waals surface area contributed by atoms with Crippen LogP contribution in [0.4, 0.5) is 0 Å². The number of carbonyl (C=O) groups is 1. The second-order valence-corrected chi connectivity index (χ2v) is 11.9. The van der Waals surface area contributed by atoms with E-state index >= 15 is 0 Å². The maximum atomic E-state index is 12.4. The molecule has 2 rings (SSSR count). The van der Waals surface area contributed by atoms with Gasteiger partial charge in [-0.05, 0) is 37.7 Å². The van der Waals surface area contributed by atoms with Gasteiger partial charge in [-0.1, -0.05) is 44.6 Å². The van der Waals surface area contributed by atoms with Gasteiger partial charge < -0.3 is 0 Å². The lowest BCUT2D eigenvalue weighted by Crippen LogP contribution is -2.43. The standard InChI is InChI=1S/C16H26OSi/c1-18(2,3)13-10-14-8-7-9-15(17)16(14)11-5-4-6-12-16/h14H,4-9,11-12H2,1-3H3. The average Bonchev–Trinajstić information content (AvgIpc) is 2.31. The summed E-state index contributed by atoms with van der Waals surface area (Å²) in [7, 11) is -1.32. The van der Waals surface area contributed by atoms with Crippen LogP contribution in [0.1, 0.15) is 51.4 Å². The van der Waals surface area contributed by atoms with Gasteiger partial charge in [0.2, 0.25) is 0 Å². The number of Topliss-reactive ketones (excluding diaryl/α,β-unsaturated/α-hetero) is 1. The first kappa shape index (κ1) is 14.0. The van der Waals surface area contributed by atoms with Gasteiger partial charge in [0.25, 0.3) is 0 Å². The SMILES string of the molecule is C[Si](C)(C)[C]=[C]C1CCCC(=O)C12CCCCC2. The molecular formula is C16H26OSi. The van der Waals surface area contributed by atoms with Crippen LogP contribution >= 0.6 is 0 Å². The first-order valence-corrected chi connectivity index (χ1v) is 11.0. The molecule has 0 aromatic heterocycles. The highest BCUT2D eigenvalue weighted by molar-refractivity contribution is 6.78. The number of allylic oxidation sites excluding steroid dienone is 1. The third kappa shape index (κ3) is 2.96. The van der Waals surface area contributed by atoms with Crippen molar-refractivity contribution in [2.75, 3.05) is 0 Å². The molecule has 0 amide bonds. The van der Waals surface area contributed by atoms with Gasteiger partial charge in [-0.25, -0.2) is 0 Å². The fraction of sp³-hybridized carbons (Fsp3) is 0.812. The summed E-state index contributed by atoms with van der Waals surface area (Å²) in [5.74, 6) is 0.897. The van der Waals surface area contributed by atoms with Crippen LogP contribution in [0.5, 0.6) is 0 Å². The van der Waals surface area contributed by atoms with Crippen LogP contribution in [0.15, 0.2) is 0 Å². The summed E-state index contributed by atoms with van der Waals surface area (Å²) in [5.41, 5.74) is 3.48. The molecule has 2 heteroatoms. The zero-order chi connectivity index (χ0) is 13.2. The molecule has 100 valence electrons. The van der Waals surface area contributed by atoms with E-state index in [4.69, 9.17) is 0 Å². The van der Waals surface area contributed by atoms with Crippen molar-refractivity contribution in [1.29, 1.82) is 0 Å². The lowest BCUT2D eigenvalue weighted by Gasteiger charge is -2.44. The quantitative estimate of drug-likeness (QED) is 0.676. The number of carbonyl (C=O) groups excluding carboxylic acids is 1. The molecule has 0 bridgehead atoms. The molecular weight excluding hydrogens is 236 g/mol. The fourth-order valence-corrected chi connectivity index (χ4v) is 4.12. The molecule has 2 aliphatic rings. The normalized spacial score (nSPS) is 29.1. The second-order valence-electron chi connectivity index (χ2n) is 7.10. The molecule has 2 fully saturated rings. The summed E-state index contributed by atoms with van der Waals surface area (Å²) in [5, 5.41) is 0. The Labute approximate surface area is 113 Å². The Morgan fingerprint density at radius 1 is 1.11 bits per heavy atom. The first-order chi connectivity index (χ1) is 8.44. The van der Waals surface area contributed by atoms with Crippen molar-refractivity contribution < 1.29 is 4.79 Å². The van der Waals surface area contributed by atoms with E-state index in [-0.39, 0.29) is 5.41 Å². The highest BCUT2D eigenvalue weighted by Gasteiger charge is 2.46. The number of hydrogen-bond acceptors (Lipinski definition) is 1. The zero-order valence-corrected chi connectivity index (χ0v) is 13.1. The molecule has 0 aromatic carbocycles. The Kier molecular flexibility index (Phi) is 4.15. The largest absolute Gasteiger partial charge is 0.299 e. The summed E-state index contributed by atoms with van der Waals surface area (Å²) in [4.78, 5) is 12.4. The van der Waals surface area contributed by atoms with E-state index in [9.17, 15) is 4.79 Å². The molecule has 1 unspecified atom stereocenters. The summed E-state index contributed by atoms with van der Waals surface area (Å²) in [6.07, 6.45) is 12.6. The first-order valence-electron chi connectivity index (χ1n) is 7.50. The maximum absolute atomic E-state index is 12.4. The predicted octanol–water partition coefficient (Wildman–Crippen LogP) is 4.35. The van der Waals surface area contributed by atoms with Gasteiger partial charge in [0, 0.05) is 11.8 Å². The van der Waals surface area contributed by atoms with Crippen LogP contribution in [0.3, 0.4) is 0 Å². The highest BCUT2D eigenvalue weighted by atomic mass is 28.3. The van der Waals surface area contributed by atoms with Crippen LogP contribution in [-0.4, -0.2) is 13.9 Å². The minimum atomic E-state index is -1.32. The Hall–Kier alpha value is -0.373. The van der Waals surface area contributed by atoms with Crippen molar-refractivity contribution in [3.63, 3.8) is 0 Å². The summed E-state index contributed by atoms with van der Waals surface area (Å²) >= 11 is 0. The molecule has 0 aliphatic heterocycles. The van der Waals surface area contributed by atoms with E-state index < -0.39 is 8.07 Å². The number of rotatable bonds is 2. The topological polar surface area (TPSA) is 17.1 Å². The van der Waals surface area contributed by atoms with Crippen molar-refractivity contribution in [2.24, 2.45) is 11.3 Å². The van der Waals surface area contributed by atoms with Crippen LogP contribution in [0.2, 0.25) is 19.6 Å². The van der Waals surface area contributed by atoms with Crippen molar-refractivity contribution in [2.45, 2.75) is 71.0 Å². The third-order valence-electron chi connectivity index (χ3n) is 4.49. The van der Waals surface area contributed by atoms with Gasteiger partial charge >= 0.3 is 0 Å². The number of ketones is 1. The molecule has 1 atom stereocenters. The molecule has 18 heavy (non-hydrogen) atoms. The number of hydrogen-bond donors (Lipinski definition) is 0. The van der Waals surface area contributed by atoms with Gasteiger partial charge in [-0.2, -0.15) is 0 Å². The fourth-order valence-electron chi connectivity index (χ4n) is 3.51. The molecule has 0 aromatic rings. The summed E-state index contributed by atoms with van der Waals surface area (Å²) in [6.45, 7) is 6.87. The lowest BCUT2D eigenvalue weighted by atomic mass is 9.59. The molecule has 0 N–H and O–H groups in total. The highest BCUT2D eigenvalue weighted by Crippen LogP contribution is 2.49. The Morgan fingerprint density at radius 3 is 2.39 bits per heavy atom. The molecule has 2 radical (unpaired) electrons. The average molecular weight is 262 g/mol. The van der Waals surface area contributed by atoms with Crippen LogP contribution in [0, 0.1) is 23.1 Å². The van der Waals surface area contributed by atoms with Gasteiger partial charge in [0.15, 0.2) is 0 Å². The molecule has 1 spiro atoms. The minimum absolute atomic E-state index is 0.0385. The van der Waals surface area contributed by atoms with E-state index in [1.807, 2.05) is 0 Å². The smallest absolute Gasteiger partial charge is 0.139 e. The van der Waals surface area contributed by atoms with Crippen molar-refractivity contribution in [3.8, 4) is 0 Å². The zero-order valence-electron chi connectivity index (χ0n) is 12.1. The lowest BCUT2D eigenvalue weighted by molar-refractivity contribution is -0.136. The van der Waals surface area contributed by atoms with E-state index in [1.54, 1.807) is 0 Å². The molecule has 0 saturated heterocycles. The van der Waals surface area contributed by atoms with E-state index in [2.05, 4.69) is 31.4 Å². The molecule has 2 aliphatic carbocycles. The van der Waals surface area contributed by atoms with E-state index in [0.717, 1.165) is 32.1 Å². The summed E-state index contributed by atoms with van der Waals surface area (Å²) < 4.78 is 0. The summed E-state index contributed by atoms with van der Waals surface area (Å²) in [6, 6.07) is 0. The minimum Gasteiger partial charge on any atom is -0.299 e. The molecule has 0 heterocycles. The van der Waals surface area contributed by atoms with E-state index in [1.165, 1.54) is 19.3 Å². The van der Waals surface area contributed by atoms with Crippen LogP contribution in [-0.2, 0) is 4.79 Å². The van der Waals surface area contributed by atoms with Crippen molar-refractivity contribution in [1.82, 2.24) is 0 Å². The second kappa shape index (κ2) is 5.32. The predicted molar refractivity (Wildman–Crippen MR) is 77.7 cm³/mol. The monoisotopic (exact) mass is 262 g/mol.